The molecule has 0 aliphatic heterocycles. The molecule has 1 fully saturated rings. The zero-order chi connectivity index (χ0) is 18.1. The van der Waals surface area contributed by atoms with Gasteiger partial charge < -0.3 is 0 Å². The number of benzene rings is 2. The summed E-state index contributed by atoms with van der Waals surface area (Å²) >= 11 is 0. The molecule has 2 heteroatoms. The first-order valence-electron chi connectivity index (χ1n) is 9.93. The molecule has 2 nitrogen and oxygen atoms in total. The van der Waals surface area contributed by atoms with E-state index in [1.54, 1.807) is 0 Å². The van der Waals surface area contributed by atoms with Gasteiger partial charge in [0.05, 0.1) is 0 Å². The van der Waals surface area contributed by atoms with Crippen molar-refractivity contribution in [3.8, 4) is 11.4 Å². The van der Waals surface area contributed by atoms with Gasteiger partial charge in [0.1, 0.15) is 17.1 Å². The van der Waals surface area contributed by atoms with Crippen LogP contribution in [0.15, 0.2) is 54.6 Å². The molecule has 0 atom stereocenters. The second kappa shape index (κ2) is 7.11. The summed E-state index contributed by atoms with van der Waals surface area (Å²) in [7, 11) is 0. The standard InChI is InChI=1S/C24H29N2/c1-18-12-10-11-17-23(18)25-19(2)24(21-13-6-4-7-14-21)26(20(25)3)22-15-8-5-9-16-22/h5,8-12,15-17,21H,4,6-7,13-14H2,1-3H3/q+1. The lowest BCUT2D eigenvalue weighted by molar-refractivity contribution is -0.609. The number of hydrogen-bond donors (Lipinski definition) is 0. The highest BCUT2D eigenvalue weighted by Gasteiger charge is 2.33. The SMILES string of the molecule is Cc1ccccc1-[n+]1c(C)c(C2CCCCC2)n(-c2ccccc2)c1C. The number of aromatic nitrogens is 2. The van der Waals surface area contributed by atoms with E-state index in [0.29, 0.717) is 5.92 Å². The molecular weight excluding hydrogens is 316 g/mol. The molecule has 1 saturated carbocycles. The third-order valence-corrected chi connectivity index (χ3v) is 5.96. The average molecular weight is 346 g/mol. The topological polar surface area (TPSA) is 8.81 Å². The largest absolute Gasteiger partial charge is 0.264 e. The highest BCUT2D eigenvalue weighted by molar-refractivity contribution is 5.39. The summed E-state index contributed by atoms with van der Waals surface area (Å²) in [6, 6.07) is 19.6. The van der Waals surface area contributed by atoms with Crippen molar-refractivity contribution in [1.29, 1.82) is 0 Å². The smallest absolute Gasteiger partial charge is 0.197 e. The first-order valence-corrected chi connectivity index (χ1v) is 9.93. The molecule has 0 N–H and O–H groups in total. The fourth-order valence-electron chi connectivity index (χ4n) is 4.72. The maximum Gasteiger partial charge on any atom is 0.264 e. The summed E-state index contributed by atoms with van der Waals surface area (Å²) in [6.07, 6.45) is 6.72. The van der Waals surface area contributed by atoms with Crippen LogP contribution < -0.4 is 4.57 Å². The second-order valence-corrected chi connectivity index (χ2v) is 7.65. The van der Waals surface area contributed by atoms with Crippen LogP contribution in [0.25, 0.3) is 11.4 Å². The van der Waals surface area contributed by atoms with Crippen molar-refractivity contribution in [3.05, 3.63) is 77.4 Å². The molecule has 0 bridgehead atoms. The van der Waals surface area contributed by atoms with Crippen molar-refractivity contribution >= 4 is 0 Å². The van der Waals surface area contributed by atoms with Crippen LogP contribution in [0.1, 0.15) is 60.8 Å². The summed E-state index contributed by atoms with van der Waals surface area (Å²) < 4.78 is 4.98. The van der Waals surface area contributed by atoms with E-state index in [4.69, 9.17) is 0 Å². The van der Waals surface area contributed by atoms with Gasteiger partial charge in [-0.3, -0.25) is 0 Å². The third-order valence-electron chi connectivity index (χ3n) is 5.96. The van der Waals surface area contributed by atoms with E-state index < -0.39 is 0 Å². The van der Waals surface area contributed by atoms with E-state index in [2.05, 4.69) is 84.5 Å². The number of imidazole rings is 1. The summed E-state index contributed by atoms with van der Waals surface area (Å²) in [5.41, 5.74) is 6.81. The maximum atomic E-state index is 2.51. The Kier molecular flexibility index (Phi) is 4.67. The van der Waals surface area contributed by atoms with E-state index in [0.717, 1.165) is 0 Å². The van der Waals surface area contributed by atoms with Crippen molar-refractivity contribution in [1.82, 2.24) is 4.57 Å². The molecule has 26 heavy (non-hydrogen) atoms. The van der Waals surface area contributed by atoms with Gasteiger partial charge in [-0.25, -0.2) is 0 Å². The van der Waals surface area contributed by atoms with E-state index in [-0.39, 0.29) is 0 Å². The van der Waals surface area contributed by atoms with Crippen molar-refractivity contribution in [2.75, 3.05) is 0 Å². The van der Waals surface area contributed by atoms with Crippen LogP contribution in [0.5, 0.6) is 0 Å². The lowest BCUT2D eigenvalue weighted by Crippen LogP contribution is -2.36. The molecule has 2 aromatic carbocycles. The molecule has 4 rings (SSSR count). The quantitative estimate of drug-likeness (QED) is 0.536. The summed E-state index contributed by atoms with van der Waals surface area (Å²) in [5.74, 6) is 1.96. The maximum absolute atomic E-state index is 2.51. The number of rotatable bonds is 3. The molecule has 1 aromatic heterocycles. The Morgan fingerprint density at radius 2 is 1.46 bits per heavy atom. The molecule has 1 aliphatic rings. The highest BCUT2D eigenvalue weighted by atomic mass is 15.2. The molecule has 1 aliphatic carbocycles. The zero-order valence-electron chi connectivity index (χ0n) is 16.2. The van der Waals surface area contributed by atoms with Crippen LogP contribution in [0.4, 0.5) is 0 Å². The van der Waals surface area contributed by atoms with Gasteiger partial charge in [-0.2, -0.15) is 9.13 Å². The van der Waals surface area contributed by atoms with E-state index in [9.17, 15) is 0 Å². The number of hydrogen-bond acceptors (Lipinski definition) is 0. The zero-order valence-corrected chi connectivity index (χ0v) is 16.2. The predicted octanol–water partition coefficient (Wildman–Crippen LogP) is 5.73. The van der Waals surface area contributed by atoms with Crippen LogP contribution >= 0.6 is 0 Å². The minimum atomic E-state index is 0.660. The Bertz CT molecular complexity index is 899. The van der Waals surface area contributed by atoms with E-state index in [1.807, 2.05) is 0 Å². The molecule has 3 aromatic rings. The normalized spacial score (nSPS) is 15.3. The molecule has 0 radical (unpaired) electrons. The van der Waals surface area contributed by atoms with Gasteiger partial charge in [0, 0.05) is 19.8 Å². The highest BCUT2D eigenvalue weighted by Crippen LogP contribution is 2.36. The van der Waals surface area contributed by atoms with Gasteiger partial charge in [-0.1, -0.05) is 55.7 Å². The van der Waals surface area contributed by atoms with E-state index in [1.165, 1.54) is 66.3 Å². The van der Waals surface area contributed by atoms with Crippen LogP contribution in [-0.4, -0.2) is 4.57 Å². The fourth-order valence-corrected chi connectivity index (χ4v) is 4.72. The Morgan fingerprint density at radius 3 is 2.15 bits per heavy atom. The van der Waals surface area contributed by atoms with Gasteiger partial charge in [-0.05, 0) is 43.5 Å². The molecule has 0 amide bonds. The van der Waals surface area contributed by atoms with Gasteiger partial charge in [0.25, 0.3) is 5.82 Å². The number of aryl methyl sites for hydroxylation is 1. The molecule has 0 unspecified atom stereocenters. The molecular formula is C24H29N2+. The Balaban J connectivity index is 1.97. The molecule has 0 saturated heterocycles. The molecule has 0 spiro atoms. The summed E-state index contributed by atoms with van der Waals surface area (Å²) in [4.78, 5) is 0. The molecule has 134 valence electrons. The Morgan fingerprint density at radius 1 is 0.808 bits per heavy atom. The summed E-state index contributed by atoms with van der Waals surface area (Å²) in [5, 5.41) is 0. The fraction of sp³-hybridized carbons (Fsp3) is 0.375. The van der Waals surface area contributed by atoms with Gasteiger partial charge >= 0.3 is 0 Å². The third kappa shape index (κ3) is 2.88. The molecule has 1 heterocycles. The van der Waals surface area contributed by atoms with Gasteiger partial charge in [-0.15, -0.1) is 0 Å². The van der Waals surface area contributed by atoms with Crippen LogP contribution in [0, 0.1) is 20.8 Å². The lowest BCUT2D eigenvalue weighted by Gasteiger charge is -2.20. The van der Waals surface area contributed by atoms with Crippen LogP contribution in [0.3, 0.4) is 0 Å². The van der Waals surface area contributed by atoms with Crippen molar-refractivity contribution in [3.63, 3.8) is 0 Å². The van der Waals surface area contributed by atoms with Crippen molar-refractivity contribution < 1.29 is 4.57 Å². The minimum absolute atomic E-state index is 0.660. The first-order chi connectivity index (χ1) is 12.7. The monoisotopic (exact) mass is 345 g/mol. The number of nitrogens with zero attached hydrogens (tertiary/aromatic N) is 2. The minimum Gasteiger partial charge on any atom is -0.197 e. The average Bonchev–Trinajstić information content (AvgIpc) is 2.94. The van der Waals surface area contributed by atoms with Crippen molar-refractivity contribution in [2.24, 2.45) is 0 Å². The number of para-hydroxylation sites is 2. The van der Waals surface area contributed by atoms with Gasteiger partial charge in [0.15, 0.2) is 5.69 Å². The summed E-state index contributed by atoms with van der Waals surface area (Å²) in [6.45, 7) is 6.78. The van der Waals surface area contributed by atoms with Crippen LogP contribution in [0.2, 0.25) is 0 Å². The van der Waals surface area contributed by atoms with Crippen LogP contribution in [-0.2, 0) is 0 Å². The van der Waals surface area contributed by atoms with Gasteiger partial charge in [0.2, 0.25) is 0 Å². The Hall–Kier alpha value is -2.35. The predicted molar refractivity (Wildman–Crippen MR) is 107 cm³/mol. The van der Waals surface area contributed by atoms with Crippen molar-refractivity contribution in [2.45, 2.75) is 58.8 Å². The second-order valence-electron chi connectivity index (χ2n) is 7.65. The first kappa shape index (κ1) is 17.1. The lowest BCUT2D eigenvalue weighted by atomic mass is 9.86. The van der Waals surface area contributed by atoms with E-state index >= 15 is 0 Å². The Labute approximate surface area is 157 Å².